The molecule has 0 aliphatic rings. The Hall–Kier alpha value is -4.16. The van der Waals surface area contributed by atoms with Gasteiger partial charge in [0.1, 0.15) is 5.00 Å². The van der Waals surface area contributed by atoms with Gasteiger partial charge in [-0.1, -0.05) is 43.3 Å². The maximum Gasteiger partial charge on any atom is 0.341 e. The number of hydrogen-bond acceptors (Lipinski definition) is 9. The van der Waals surface area contributed by atoms with Gasteiger partial charge in [-0.25, -0.2) is 4.79 Å². The summed E-state index contributed by atoms with van der Waals surface area (Å²) < 4.78 is 11.4. The van der Waals surface area contributed by atoms with Crippen molar-refractivity contribution in [2.24, 2.45) is 0 Å². The van der Waals surface area contributed by atoms with Gasteiger partial charge in [-0.3, -0.25) is 9.59 Å². The van der Waals surface area contributed by atoms with Gasteiger partial charge in [-0.2, -0.15) is 0 Å². The number of anilines is 2. The Bertz CT molecular complexity index is 1470. The first-order valence-corrected chi connectivity index (χ1v) is 13.8. The third-order valence-corrected chi connectivity index (χ3v) is 8.19. The lowest BCUT2D eigenvalue weighted by molar-refractivity contribution is -0.705. The second-order valence-electron chi connectivity index (χ2n) is 8.22. The third kappa shape index (κ3) is 6.29. The van der Waals surface area contributed by atoms with Crippen molar-refractivity contribution in [2.75, 3.05) is 17.2 Å². The molecule has 202 valence electrons. The predicted molar refractivity (Wildman–Crippen MR) is 145 cm³/mol. The lowest BCUT2D eigenvalue weighted by Crippen LogP contribution is -2.36. The minimum absolute atomic E-state index is 0.113. The van der Waals surface area contributed by atoms with Gasteiger partial charge < -0.3 is 25.0 Å². The molecule has 2 aromatic heterocycles. The smallest absolute Gasteiger partial charge is 0.341 e. The van der Waals surface area contributed by atoms with Gasteiger partial charge in [0, 0.05) is 17.8 Å². The van der Waals surface area contributed by atoms with Crippen LogP contribution in [-0.4, -0.2) is 34.9 Å². The highest BCUT2D eigenvalue weighted by atomic mass is 32.2. The molecule has 2 heterocycles. The topological polar surface area (TPSA) is 137 Å². The Morgan fingerprint density at radius 1 is 1.08 bits per heavy atom. The van der Waals surface area contributed by atoms with E-state index >= 15 is 0 Å². The highest BCUT2D eigenvalue weighted by molar-refractivity contribution is 8.00. The molecule has 0 saturated heterocycles. The molecule has 0 saturated carbocycles. The number of thioether (sulfide) groups is 1. The Morgan fingerprint density at radius 2 is 1.74 bits per heavy atom. The average Bonchev–Trinajstić information content (AvgIpc) is 3.47. The van der Waals surface area contributed by atoms with E-state index in [0.29, 0.717) is 23.4 Å². The Kier molecular flexibility index (Phi) is 8.99. The Labute approximate surface area is 233 Å². The van der Waals surface area contributed by atoms with E-state index < -0.39 is 29.0 Å². The summed E-state index contributed by atoms with van der Waals surface area (Å²) in [5, 5.41) is 21.4. The minimum atomic E-state index is -0.730. The van der Waals surface area contributed by atoms with Crippen molar-refractivity contribution in [3.05, 3.63) is 76.7 Å². The number of carbonyl (C=O) groups is 3. The molecule has 12 heteroatoms. The molecule has 0 fully saturated rings. The van der Waals surface area contributed by atoms with Crippen molar-refractivity contribution in [1.82, 2.24) is 5.27 Å². The summed E-state index contributed by atoms with van der Waals surface area (Å²) in [5.74, 6) is -2.19. The van der Waals surface area contributed by atoms with E-state index in [1.165, 1.54) is 4.68 Å². The van der Waals surface area contributed by atoms with Crippen molar-refractivity contribution < 1.29 is 33.4 Å². The summed E-state index contributed by atoms with van der Waals surface area (Å²) in [6.45, 7) is 5.23. The number of nitrogens with zero attached hydrogens (tertiary/aromatic N) is 2. The van der Waals surface area contributed by atoms with Crippen molar-refractivity contribution in [3.8, 4) is 11.6 Å². The molecule has 4 aromatic rings. The van der Waals surface area contributed by atoms with Crippen LogP contribution >= 0.6 is 23.1 Å². The van der Waals surface area contributed by atoms with E-state index in [2.05, 4.69) is 15.9 Å². The molecule has 2 aromatic carbocycles. The highest BCUT2D eigenvalue weighted by Crippen LogP contribution is 2.36. The molecule has 0 aliphatic heterocycles. The van der Waals surface area contributed by atoms with Gasteiger partial charge in [0.15, 0.2) is 5.95 Å². The van der Waals surface area contributed by atoms with E-state index in [-0.39, 0.29) is 27.1 Å². The lowest BCUT2D eigenvalue weighted by atomic mass is 10.1. The SMILES string of the molecule is CCOC(=O)c1c(NC(=O)C(CC)Sc2c([O-])on[n+]2-c2ccccc2)sc(C(=O)Nc2ccccc2)c1C. The van der Waals surface area contributed by atoms with Crippen LogP contribution in [0.15, 0.2) is 70.2 Å². The number of aromatic nitrogens is 2. The van der Waals surface area contributed by atoms with Gasteiger partial charge in [0.05, 0.1) is 27.6 Å². The Balaban J connectivity index is 1.61. The van der Waals surface area contributed by atoms with E-state index in [9.17, 15) is 19.5 Å². The van der Waals surface area contributed by atoms with Gasteiger partial charge in [-0.05, 0) is 54.4 Å². The zero-order valence-electron chi connectivity index (χ0n) is 21.4. The van der Waals surface area contributed by atoms with Gasteiger partial charge in [0.2, 0.25) is 11.6 Å². The molecule has 0 spiro atoms. The second kappa shape index (κ2) is 12.6. The van der Waals surface area contributed by atoms with Crippen LogP contribution in [0.1, 0.15) is 45.9 Å². The number of para-hydroxylation sites is 2. The number of esters is 1. The number of hydrogen-bond donors (Lipinski definition) is 2. The highest BCUT2D eigenvalue weighted by Gasteiger charge is 2.31. The number of nitrogens with one attached hydrogen (secondary N) is 2. The minimum Gasteiger partial charge on any atom is -0.538 e. The normalized spacial score (nSPS) is 11.6. The van der Waals surface area contributed by atoms with Crippen molar-refractivity contribution in [3.63, 3.8) is 0 Å². The predicted octanol–water partition coefficient (Wildman–Crippen LogP) is 4.33. The number of carbonyl (C=O) groups excluding carboxylic acids is 3. The van der Waals surface area contributed by atoms with Crippen LogP contribution in [0.25, 0.3) is 5.69 Å². The summed E-state index contributed by atoms with van der Waals surface area (Å²) in [7, 11) is 0. The average molecular weight is 567 g/mol. The number of rotatable bonds is 10. The first kappa shape index (κ1) is 27.9. The third-order valence-electron chi connectivity index (χ3n) is 5.59. The summed E-state index contributed by atoms with van der Waals surface area (Å²) in [6.07, 6.45) is 0.357. The largest absolute Gasteiger partial charge is 0.538 e. The van der Waals surface area contributed by atoms with Crippen molar-refractivity contribution >= 4 is 51.6 Å². The summed E-state index contributed by atoms with van der Waals surface area (Å²) >= 11 is 1.99. The maximum atomic E-state index is 13.4. The molecule has 0 aliphatic carbocycles. The van der Waals surface area contributed by atoms with E-state index in [4.69, 9.17) is 9.26 Å². The molecule has 10 nitrogen and oxygen atoms in total. The lowest BCUT2D eigenvalue weighted by Gasteiger charge is -2.13. The van der Waals surface area contributed by atoms with E-state index in [0.717, 1.165) is 23.1 Å². The zero-order chi connectivity index (χ0) is 27.9. The molecule has 0 bridgehead atoms. The first-order chi connectivity index (χ1) is 18.8. The molecule has 0 radical (unpaired) electrons. The van der Waals surface area contributed by atoms with Crippen LogP contribution in [-0.2, 0) is 9.53 Å². The number of thiophene rings is 1. The molecule has 4 rings (SSSR count). The van der Waals surface area contributed by atoms with Crippen LogP contribution in [0.5, 0.6) is 5.95 Å². The molecule has 1 atom stereocenters. The van der Waals surface area contributed by atoms with Gasteiger partial charge >= 0.3 is 5.97 Å². The van der Waals surface area contributed by atoms with Gasteiger partial charge in [0.25, 0.3) is 10.9 Å². The zero-order valence-corrected chi connectivity index (χ0v) is 23.1. The number of ether oxygens (including phenoxy) is 1. The molecule has 39 heavy (non-hydrogen) atoms. The molecular formula is C27H26N4O6S2. The maximum absolute atomic E-state index is 13.4. The number of amides is 2. The molecule has 1 unspecified atom stereocenters. The van der Waals surface area contributed by atoms with Crippen molar-refractivity contribution in [2.45, 2.75) is 37.5 Å². The van der Waals surface area contributed by atoms with Crippen LogP contribution in [0.4, 0.5) is 10.7 Å². The monoisotopic (exact) mass is 566 g/mol. The van der Waals surface area contributed by atoms with Gasteiger partial charge in [-0.15, -0.1) is 11.3 Å². The fraction of sp³-hybridized carbons (Fsp3) is 0.222. The summed E-state index contributed by atoms with van der Waals surface area (Å²) in [4.78, 5) is 39.6. The molecule has 2 amide bonds. The fourth-order valence-corrected chi connectivity index (χ4v) is 5.77. The molecule has 2 N–H and O–H groups in total. The van der Waals surface area contributed by atoms with Crippen LogP contribution < -0.4 is 20.4 Å². The summed E-state index contributed by atoms with van der Waals surface area (Å²) in [6, 6.07) is 17.8. The standard InChI is InChI=1S/C27H26N4O6S2/c1-4-19(38-25-27(35)37-30-31(25)18-14-10-7-11-15-18)22(32)29-24-20(26(34)36-5-2)16(3)21(39-24)23(33)28-17-12-8-6-9-13-17/h6-15,19H,4-5H2,1-3H3,(H2-,28,29,30,32,33,34,35). The Morgan fingerprint density at radius 3 is 2.38 bits per heavy atom. The van der Waals surface area contributed by atoms with Crippen LogP contribution in [0.3, 0.4) is 0 Å². The first-order valence-electron chi connectivity index (χ1n) is 12.1. The van der Waals surface area contributed by atoms with Crippen LogP contribution in [0.2, 0.25) is 0 Å². The van der Waals surface area contributed by atoms with Crippen LogP contribution in [0, 0.1) is 6.92 Å². The second-order valence-corrected chi connectivity index (χ2v) is 10.4. The fourth-order valence-electron chi connectivity index (χ4n) is 3.70. The van der Waals surface area contributed by atoms with E-state index in [1.54, 1.807) is 69.3 Å². The molecular weight excluding hydrogens is 540 g/mol. The van der Waals surface area contributed by atoms with E-state index in [1.807, 2.05) is 12.1 Å². The summed E-state index contributed by atoms with van der Waals surface area (Å²) in [5.41, 5.74) is 1.70. The quantitative estimate of drug-likeness (QED) is 0.164. The van der Waals surface area contributed by atoms with Crippen molar-refractivity contribution in [1.29, 1.82) is 0 Å². The number of benzene rings is 2.